The van der Waals surface area contributed by atoms with Gasteiger partial charge in [-0.3, -0.25) is 4.99 Å². The first kappa shape index (κ1) is 7.03. The van der Waals surface area contributed by atoms with Gasteiger partial charge in [0.05, 0.1) is 6.34 Å². The van der Waals surface area contributed by atoms with Crippen LogP contribution in [0.1, 0.15) is 0 Å². The molecule has 0 saturated heterocycles. The first-order chi connectivity index (χ1) is 3.77. The lowest BCUT2D eigenvalue weighted by molar-refractivity contribution is 0.641. The van der Waals surface area contributed by atoms with Gasteiger partial charge in [-0.15, -0.1) is 6.42 Å². The normalized spacial score (nSPS) is 9.12. The third kappa shape index (κ3) is 5.03. The van der Waals surface area contributed by atoms with Crippen LogP contribution < -0.4 is 0 Å². The molecule has 0 saturated carbocycles. The maximum Gasteiger partial charge on any atom is 0.101 e. The van der Waals surface area contributed by atoms with Crippen molar-refractivity contribution in [3.8, 4) is 12.3 Å². The highest BCUT2D eigenvalue weighted by molar-refractivity contribution is 5.53. The molecular weight excluding hydrogens is 100 g/mol. The van der Waals surface area contributed by atoms with E-state index in [0.717, 1.165) is 0 Å². The van der Waals surface area contributed by atoms with E-state index < -0.39 is 0 Å². The zero-order chi connectivity index (χ0) is 6.41. The number of nitrogens with zero attached hydrogens (tertiary/aromatic N) is 2. The van der Waals surface area contributed by atoms with E-state index >= 15 is 0 Å². The van der Waals surface area contributed by atoms with Crippen LogP contribution in [0.5, 0.6) is 0 Å². The number of hydrogen-bond donors (Lipinski definition) is 0. The molecule has 0 fully saturated rings. The van der Waals surface area contributed by atoms with Gasteiger partial charge in [-0.05, 0) is 0 Å². The summed E-state index contributed by atoms with van der Waals surface area (Å²) in [6.07, 6.45) is 6.63. The molecule has 0 aliphatic rings. The quantitative estimate of drug-likeness (QED) is 0.282. The fourth-order valence-electron chi connectivity index (χ4n) is 0.257. The highest BCUT2D eigenvalue weighted by Gasteiger charge is 1.71. The summed E-state index contributed by atoms with van der Waals surface area (Å²) in [5.41, 5.74) is 0. The Morgan fingerprint density at radius 1 is 1.75 bits per heavy atom. The summed E-state index contributed by atoms with van der Waals surface area (Å²) in [5, 5.41) is 0. The van der Waals surface area contributed by atoms with Gasteiger partial charge in [0.2, 0.25) is 0 Å². The summed E-state index contributed by atoms with van der Waals surface area (Å²) < 4.78 is 0. The number of rotatable bonds is 2. The summed E-state index contributed by atoms with van der Waals surface area (Å²) in [4.78, 5) is 5.70. The van der Waals surface area contributed by atoms with Crippen molar-refractivity contribution in [3.05, 3.63) is 0 Å². The average Bonchev–Trinajstić information content (AvgIpc) is 1.66. The van der Waals surface area contributed by atoms with E-state index in [1.807, 2.05) is 19.0 Å². The van der Waals surface area contributed by atoms with E-state index in [-0.39, 0.29) is 0 Å². The van der Waals surface area contributed by atoms with E-state index in [2.05, 4.69) is 10.9 Å². The van der Waals surface area contributed by atoms with Crippen molar-refractivity contribution in [2.24, 2.45) is 4.99 Å². The molecule has 0 aliphatic carbocycles. The second-order valence-electron chi connectivity index (χ2n) is 1.62. The van der Waals surface area contributed by atoms with Crippen LogP contribution in [0.4, 0.5) is 0 Å². The third-order valence-electron chi connectivity index (χ3n) is 0.495. The van der Waals surface area contributed by atoms with Gasteiger partial charge < -0.3 is 4.90 Å². The zero-order valence-electron chi connectivity index (χ0n) is 5.26. The summed E-state index contributed by atoms with van der Waals surface area (Å²) in [5.74, 6) is 2.40. The highest BCUT2D eigenvalue weighted by Crippen LogP contribution is 1.66. The lowest BCUT2D eigenvalue weighted by Crippen LogP contribution is -2.07. The first-order valence-electron chi connectivity index (χ1n) is 2.37. The summed E-state index contributed by atoms with van der Waals surface area (Å²) in [6, 6.07) is 0. The molecule has 0 heterocycles. The van der Waals surface area contributed by atoms with Gasteiger partial charge in [0.1, 0.15) is 6.54 Å². The SMILES string of the molecule is C#CCN=CN(C)C. The van der Waals surface area contributed by atoms with Crippen molar-refractivity contribution in [1.82, 2.24) is 4.90 Å². The Bertz CT molecular complexity index is 108. The molecule has 0 rings (SSSR count). The second kappa shape index (κ2) is 4.20. The minimum absolute atomic E-state index is 0.470. The van der Waals surface area contributed by atoms with Crippen molar-refractivity contribution < 1.29 is 0 Å². The molecular formula is C6H10N2. The molecule has 0 aromatic carbocycles. The number of aliphatic imine (C=N–C) groups is 1. The Morgan fingerprint density at radius 2 is 2.38 bits per heavy atom. The van der Waals surface area contributed by atoms with Crippen LogP contribution in [0.25, 0.3) is 0 Å². The summed E-state index contributed by atoms with van der Waals surface area (Å²) in [7, 11) is 3.81. The molecule has 0 spiro atoms. The topological polar surface area (TPSA) is 15.6 Å². The molecule has 0 aromatic heterocycles. The van der Waals surface area contributed by atoms with E-state index in [9.17, 15) is 0 Å². The number of terminal acetylenes is 1. The predicted molar refractivity (Wildman–Crippen MR) is 35.9 cm³/mol. The van der Waals surface area contributed by atoms with Crippen LogP contribution in [-0.4, -0.2) is 31.9 Å². The molecule has 0 atom stereocenters. The van der Waals surface area contributed by atoms with Crippen LogP contribution >= 0.6 is 0 Å². The standard InChI is InChI=1S/C6H10N2/c1-4-5-7-6-8(2)3/h1,6H,5H2,2-3H3. The summed E-state index contributed by atoms with van der Waals surface area (Å²) in [6.45, 7) is 0.470. The van der Waals surface area contributed by atoms with Gasteiger partial charge in [-0.2, -0.15) is 0 Å². The average molecular weight is 110 g/mol. The van der Waals surface area contributed by atoms with Gasteiger partial charge in [-0.25, -0.2) is 0 Å². The Balaban J connectivity index is 3.23. The minimum Gasteiger partial charge on any atom is -0.369 e. The Morgan fingerprint density at radius 3 is 2.75 bits per heavy atom. The predicted octanol–water partition coefficient (Wildman–Crippen LogP) is 0.210. The van der Waals surface area contributed by atoms with Crippen molar-refractivity contribution in [1.29, 1.82) is 0 Å². The molecule has 0 amide bonds. The molecule has 2 nitrogen and oxygen atoms in total. The Hall–Kier alpha value is -0.970. The number of hydrogen-bond acceptors (Lipinski definition) is 1. The van der Waals surface area contributed by atoms with E-state index in [1.165, 1.54) is 0 Å². The fraction of sp³-hybridized carbons (Fsp3) is 0.500. The van der Waals surface area contributed by atoms with Crippen LogP contribution in [-0.2, 0) is 0 Å². The lowest BCUT2D eigenvalue weighted by atomic mass is 10.7. The lowest BCUT2D eigenvalue weighted by Gasteiger charge is -1.99. The van der Waals surface area contributed by atoms with Crippen LogP contribution in [0.3, 0.4) is 0 Å². The van der Waals surface area contributed by atoms with Crippen molar-refractivity contribution in [3.63, 3.8) is 0 Å². The molecule has 0 radical (unpaired) electrons. The minimum atomic E-state index is 0.470. The van der Waals surface area contributed by atoms with Crippen molar-refractivity contribution >= 4 is 6.34 Å². The molecule has 0 N–H and O–H groups in total. The van der Waals surface area contributed by atoms with Gasteiger partial charge in [-0.1, -0.05) is 5.92 Å². The molecule has 44 valence electrons. The van der Waals surface area contributed by atoms with Gasteiger partial charge in [0, 0.05) is 14.1 Å². The van der Waals surface area contributed by atoms with Crippen LogP contribution in [0.2, 0.25) is 0 Å². The largest absolute Gasteiger partial charge is 0.369 e. The maximum atomic E-state index is 4.93. The Kier molecular flexibility index (Phi) is 3.69. The van der Waals surface area contributed by atoms with E-state index in [1.54, 1.807) is 6.34 Å². The van der Waals surface area contributed by atoms with Gasteiger partial charge in [0.25, 0.3) is 0 Å². The van der Waals surface area contributed by atoms with Gasteiger partial charge in [0.15, 0.2) is 0 Å². The van der Waals surface area contributed by atoms with Gasteiger partial charge >= 0.3 is 0 Å². The van der Waals surface area contributed by atoms with E-state index in [4.69, 9.17) is 6.42 Å². The van der Waals surface area contributed by atoms with Crippen LogP contribution in [0, 0.1) is 12.3 Å². The van der Waals surface area contributed by atoms with E-state index in [0.29, 0.717) is 6.54 Å². The monoisotopic (exact) mass is 110 g/mol. The molecule has 0 unspecified atom stereocenters. The summed E-state index contributed by atoms with van der Waals surface area (Å²) >= 11 is 0. The molecule has 0 aromatic rings. The molecule has 8 heavy (non-hydrogen) atoms. The third-order valence-corrected chi connectivity index (χ3v) is 0.495. The Labute approximate surface area is 50.2 Å². The fourth-order valence-corrected chi connectivity index (χ4v) is 0.257. The van der Waals surface area contributed by atoms with Crippen molar-refractivity contribution in [2.45, 2.75) is 0 Å². The van der Waals surface area contributed by atoms with Crippen molar-refractivity contribution in [2.75, 3.05) is 20.6 Å². The zero-order valence-corrected chi connectivity index (χ0v) is 5.26. The highest BCUT2D eigenvalue weighted by atomic mass is 15.1. The maximum absolute atomic E-state index is 4.93. The molecule has 0 aliphatic heterocycles. The molecule has 2 heteroatoms. The van der Waals surface area contributed by atoms with Crippen LogP contribution in [0.15, 0.2) is 4.99 Å². The smallest absolute Gasteiger partial charge is 0.101 e. The second-order valence-corrected chi connectivity index (χ2v) is 1.62. The molecule has 0 bridgehead atoms. The first-order valence-corrected chi connectivity index (χ1v) is 2.37.